The first-order valence-electron chi connectivity index (χ1n) is 17.2. The average Bonchev–Trinajstić information content (AvgIpc) is 3.07. The maximum absolute atomic E-state index is 13.7. The summed E-state index contributed by atoms with van der Waals surface area (Å²) >= 11 is 13.1. The number of hydrogen-bond acceptors (Lipinski definition) is 9. The number of ether oxygens (including phenoxy) is 1. The van der Waals surface area contributed by atoms with Crippen LogP contribution in [0.15, 0.2) is 41.3 Å². The van der Waals surface area contributed by atoms with Gasteiger partial charge in [0.25, 0.3) is 0 Å². The van der Waals surface area contributed by atoms with Gasteiger partial charge in [-0.15, -0.1) is 0 Å². The summed E-state index contributed by atoms with van der Waals surface area (Å²) in [4.78, 5) is 45.0. The summed E-state index contributed by atoms with van der Waals surface area (Å²) < 4.78 is 67.7. The van der Waals surface area contributed by atoms with Crippen molar-refractivity contribution in [2.24, 2.45) is 5.73 Å². The summed E-state index contributed by atoms with van der Waals surface area (Å²) in [5, 5.41) is 8.19. The molecule has 19 heteroatoms. The number of carboxylic acid groups (broad SMARTS) is 1. The molecule has 4 N–H and O–H groups in total. The molecule has 1 aliphatic heterocycles. The summed E-state index contributed by atoms with van der Waals surface area (Å²) in [5.74, 6) is -2.71. The third kappa shape index (κ3) is 12.6. The Labute approximate surface area is 328 Å². The van der Waals surface area contributed by atoms with E-state index in [1.54, 1.807) is 15.9 Å². The highest BCUT2D eigenvalue weighted by molar-refractivity contribution is 7.89. The van der Waals surface area contributed by atoms with Crippen molar-refractivity contribution in [1.29, 1.82) is 0 Å². The van der Waals surface area contributed by atoms with Crippen molar-refractivity contribution in [2.75, 3.05) is 46.8 Å². The molecule has 1 saturated heterocycles. The average molecular weight is 836 g/mol. The molecule has 0 radical (unpaired) electrons. The molecule has 0 unspecified atom stereocenters. The molecule has 0 bridgehead atoms. The molecule has 4 rings (SSSR count). The number of nitrogens with one attached hydrogen (secondary N) is 1. The first kappa shape index (κ1) is 45.6. The zero-order valence-corrected chi connectivity index (χ0v) is 33.8. The van der Waals surface area contributed by atoms with Crippen LogP contribution < -0.4 is 15.2 Å². The number of pyridine rings is 1. The van der Waals surface area contributed by atoms with Crippen LogP contribution in [0.5, 0.6) is 5.75 Å². The lowest BCUT2D eigenvalue weighted by Crippen LogP contribution is -2.60. The Morgan fingerprint density at radius 2 is 1.65 bits per heavy atom. The van der Waals surface area contributed by atoms with Crippen molar-refractivity contribution in [3.63, 3.8) is 0 Å². The lowest BCUT2D eigenvalue weighted by Gasteiger charge is -2.39. The van der Waals surface area contributed by atoms with E-state index >= 15 is 0 Å². The highest BCUT2D eigenvalue weighted by atomic mass is 35.5. The highest BCUT2D eigenvalue weighted by Gasteiger charge is 2.39. The standard InChI is InChI=1S/C34H46Cl2N6O5S.C2HF3O2/c1-22-19-23(2)38-32-25(22)10-7-11-28(32)47-21-26-27(35)12-13-29(31(26)36)48(45,46)39-34(3,4)33(44)42-17-15-41(16-18-42)30(43)20-24(37)9-8-14-40(5)6;3-2(4,5)1(6)7/h7,10-13,19,24,39H,8-9,14-18,20-21,37H2,1-6H3;(H,6,7)/t24-;/m0./s1. The lowest BCUT2D eigenvalue weighted by molar-refractivity contribution is -0.192. The number of rotatable bonds is 13. The largest absolute Gasteiger partial charge is 0.490 e. The molecule has 2 heterocycles. The number of hydrogen-bond donors (Lipinski definition) is 3. The molecule has 1 aromatic heterocycles. The van der Waals surface area contributed by atoms with Gasteiger partial charge in [0.05, 0.1) is 5.02 Å². The second-order valence-electron chi connectivity index (χ2n) is 14.0. The number of aliphatic carboxylic acids is 1. The van der Waals surface area contributed by atoms with Gasteiger partial charge < -0.3 is 30.3 Å². The van der Waals surface area contributed by atoms with Crippen LogP contribution in [0, 0.1) is 13.8 Å². The van der Waals surface area contributed by atoms with E-state index in [4.69, 9.17) is 43.6 Å². The minimum Gasteiger partial charge on any atom is -0.487 e. The van der Waals surface area contributed by atoms with Gasteiger partial charge in [-0.3, -0.25) is 9.59 Å². The van der Waals surface area contributed by atoms with Crippen LogP contribution in [-0.4, -0.2) is 116 Å². The third-order valence-electron chi connectivity index (χ3n) is 8.65. The second-order valence-corrected chi connectivity index (χ2v) is 16.4. The van der Waals surface area contributed by atoms with Gasteiger partial charge in [0.15, 0.2) is 0 Å². The Balaban J connectivity index is 0.00000106. The second kappa shape index (κ2) is 18.9. The molecule has 0 spiro atoms. The molecule has 304 valence electrons. The smallest absolute Gasteiger partial charge is 0.487 e. The molecule has 0 aliphatic carbocycles. The van der Waals surface area contributed by atoms with Gasteiger partial charge in [-0.05, 0) is 91.0 Å². The van der Waals surface area contributed by atoms with Gasteiger partial charge in [0.2, 0.25) is 21.8 Å². The molecule has 1 aliphatic rings. The Bertz CT molecular complexity index is 1980. The number of alkyl halides is 3. The van der Waals surface area contributed by atoms with Crippen molar-refractivity contribution in [2.45, 2.75) is 76.2 Å². The van der Waals surface area contributed by atoms with Gasteiger partial charge in [-0.25, -0.2) is 18.2 Å². The maximum Gasteiger partial charge on any atom is 0.490 e. The number of nitrogens with two attached hydrogens (primary N) is 1. The minimum absolute atomic E-state index is 0.0430. The van der Waals surface area contributed by atoms with Crippen LogP contribution in [-0.2, 0) is 31.0 Å². The van der Waals surface area contributed by atoms with Crippen LogP contribution in [0.1, 0.15) is 49.9 Å². The molecule has 2 amide bonds. The number of aromatic nitrogens is 1. The van der Waals surface area contributed by atoms with E-state index in [1.807, 2.05) is 46.1 Å². The number of carbonyl (C=O) groups is 3. The first-order valence-corrected chi connectivity index (χ1v) is 19.5. The summed E-state index contributed by atoms with van der Waals surface area (Å²) in [6, 6.07) is 10.1. The molecule has 0 saturated carbocycles. The van der Waals surface area contributed by atoms with Crippen molar-refractivity contribution < 1.29 is 45.8 Å². The number of aryl methyl sites for hydroxylation is 2. The quantitative estimate of drug-likeness (QED) is 0.209. The van der Waals surface area contributed by atoms with Crippen molar-refractivity contribution in [3.8, 4) is 5.75 Å². The Morgan fingerprint density at radius 1 is 1.05 bits per heavy atom. The predicted molar refractivity (Wildman–Crippen MR) is 204 cm³/mol. The number of carbonyl (C=O) groups excluding carboxylic acids is 2. The van der Waals surface area contributed by atoms with Gasteiger partial charge >= 0.3 is 12.1 Å². The topological polar surface area (TPSA) is 175 Å². The van der Waals surface area contributed by atoms with E-state index in [9.17, 15) is 31.2 Å². The van der Waals surface area contributed by atoms with Gasteiger partial charge in [0, 0.05) is 60.3 Å². The predicted octanol–water partition coefficient (Wildman–Crippen LogP) is 5.16. The summed E-state index contributed by atoms with van der Waals surface area (Å²) in [5.41, 5.74) is 7.53. The Morgan fingerprint density at radius 3 is 2.24 bits per heavy atom. The number of halogens is 5. The number of amides is 2. The molecular weight excluding hydrogens is 788 g/mol. The molecule has 3 aromatic rings. The first-order chi connectivity index (χ1) is 25.4. The van der Waals surface area contributed by atoms with Crippen LogP contribution in [0.2, 0.25) is 10.0 Å². The zero-order valence-electron chi connectivity index (χ0n) is 31.5. The fourth-order valence-corrected chi connectivity index (χ4v) is 8.11. The monoisotopic (exact) mass is 834 g/mol. The van der Waals surface area contributed by atoms with Gasteiger partial charge in [-0.2, -0.15) is 17.9 Å². The number of piperazine rings is 1. The van der Waals surface area contributed by atoms with E-state index in [0.717, 1.165) is 36.0 Å². The lowest BCUT2D eigenvalue weighted by atomic mass is 10.0. The van der Waals surface area contributed by atoms with E-state index < -0.39 is 33.6 Å². The van der Waals surface area contributed by atoms with Gasteiger partial charge in [-0.1, -0.05) is 35.3 Å². The maximum atomic E-state index is 13.7. The number of fused-ring (bicyclic) bond motifs is 1. The summed E-state index contributed by atoms with van der Waals surface area (Å²) in [6.45, 7) is 8.93. The fraction of sp³-hybridized carbons (Fsp3) is 0.500. The molecule has 2 aromatic carbocycles. The molecular formula is C36H47Cl2F3N6O7S. The van der Waals surface area contributed by atoms with Crippen molar-refractivity contribution in [1.82, 2.24) is 24.4 Å². The van der Waals surface area contributed by atoms with Crippen molar-refractivity contribution >= 4 is 61.9 Å². The van der Waals surface area contributed by atoms with E-state index in [-0.39, 0.29) is 58.6 Å². The van der Waals surface area contributed by atoms with Crippen LogP contribution >= 0.6 is 23.2 Å². The summed E-state index contributed by atoms with van der Waals surface area (Å²) in [6.07, 6.45) is -3.17. The van der Waals surface area contributed by atoms with Crippen LogP contribution in [0.4, 0.5) is 13.2 Å². The van der Waals surface area contributed by atoms with Gasteiger partial charge in [0.1, 0.15) is 28.3 Å². The number of carboxylic acids is 1. The van der Waals surface area contributed by atoms with Crippen LogP contribution in [0.3, 0.4) is 0 Å². The minimum atomic E-state index is -5.08. The Hall–Kier alpha value is -3.74. The molecule has 1 fully saturated rings. The highest BCUT2D eigenvalue weighted by Crippen LogP contribution is 2.34. The fourth-order valence-electron chi connectivity index (χ4n) is 5.85. The molecule has 13 nitrogen and oxygen atoms in total. The van der Waals surface area contributed by atoms with E-state index in [2.05, 4.69) is 14.6 Å². The number of nitrogens with zero attached hydrogens (tertiary/aromatic N) is 4. The van der Waals surface area contributed by atoms with Crippen LogP contribution in [0.25, 0.3) is 10.9 Å². The SMILES string of the molecule is Cc1cc(C)c2cccc(OCc3c(Cl)ccc(S(=O)(=O)NC(C)(C)C(=O)N4CCN(C(=O)C[C@@H](N)CCCN(C)C)CC4)c3Cl)c2n1.O=C(O)C(F)(F)F. The number of para-hydroxylation sites is 1. The number of sulfonamides is 1. The summed E-state index contributed by atoms with van der Waals surface area (Å²) in [7, 11) is -0.296. The van der Waals surface area contributed by atoms with Crippen molar-refractivity contribution in [3.05, 3.63) is 63.3 Å². The third-order valence-corrected chi connectivity index (χ3v) is 11.2. The molecule has 1 atom stereocenters. The Kier molecular flexibility index (Phi) is 15.7. The molecule has 55 heavy (non-hydrogen) atoms. The van der Waals surface area contributed by atoms with E-state index in [0.29, 0.717) is 24.4 Å². The van der Waals surface area contributed by atoms with E-state index in [1.165, 1.54) is 26.0 Å². The normalized spacial score (nSPS) is 14.4. The zero-order chi connectivity index (χ0) is 41.5. The number of benzene rings is 2.